The lowest BCUT2D eigenvalue weighted by Gasteiger charge is -2.22. The Morgan fingerprint density at radius 3 is 2.50 bits per heavy atom. The van der Waals surface area contributed by atoms with Crippen LogP contribution in [0.3, 0.4) is 0 Å². The number of hydrogen-bond acceptors (Lipinski definition) is 3. The highest BCUT2D eigenvalue weighted by molar-refractivity contribution is 5.94. The quantitative estimate of drug-likeness (QED) is 0.687. The van der Waals surface area contributed by atoms with Crippen LogP contribution in [0.1, 0.15) is 29.2 Å². The molecular weight excluding hydrogens is 362 g/mol. The van der Waals surface area contributed by atoms with Gasteiger partial charge in [0.05, 0.1) is 17.6 Å². The number of benzene rings is 2. The van der Waals surface area contributed by atoms with Gasteiger partial charge in [-0.15, -0.1) is 0 Å². The summed E-state index contributed by atoms with van der Waals surface area (Å²) in [7, 11) is 0. The van der Waals surface area contributed by atoms with Crippen molar-refractivity contribution < 1.29 is 13.6 Å². The molecule has 1 amide bonds. The van der Waals surface area contributed by atoms with E-state index >= 15 is 0 Å². The first kappa shape index (κ1) is 18.6. The smallest absolute Gasteiger partial charge is 0.320 e. The fourth-order valence-corrected chi connectivity index (χ4v) is 3.72. The molecule has 2 aromatic carbocycles. The van der Waals surface area contributed by atoms with Crippen LogP contribution >= 0.6 is 0 Å². The van der Waals surface area contributed by atoms with Crippen molar-refractivity contribution in [3.05, 3.63) is 66.0 Å². The molecule has 0 radical (unpaired) electrons. The number of hydrogen-bond donors (Lipinski definition) is 0. The number of nitrogens with zero attached hydrogens (tertiary/aromatic N) is 4. The van der Waals surface area contributed by atoms with Crippen LogP contribution in [-0.2, 0) is 6.54 Å². The van der Waals surface area contributed by atoms with Crippen LogP contribution in [-0.4, -0.2) is 51.4 Å². The van der Waals surface area contributed by atoms with Crippen molar-refractivity contribution in [1.29, 1.82) is 0 Å². The van der Waals surface area contributed by atoms with Crippen molar-refractivity contribution in [1.82, 2.24) is 19.4 Å². The highest BCUT2D eigenvalue weighted by Crippen LogP contribution is 2.24. The maximum absolute atomic E-state index is 13.6. The Kier molecular flexibility index (Phi) is 5.34. The second-order valence-corrected chi connectivity index (χ2v) is 6.95. The third-order valence-electron chi connectivity index (χ3n) is 5.13. The molecule has 1 saturated heterocycles. The summed E-state index contributed by atoms with van der Waals surface area (Å²) in [5.74, 6) is 0.376. The number of para-hydroxylation sites is 2. The number of carbonyl (C=O) groups excluding carboxylic acids is 1. The lowest BCUT2D eigenvalue weighted by atomic mass is 10.2. The van der Waals surface area contributed by atoms with Gasteiger partial charge in [-0.05, 0) is 30.7 Å². The van der Waals surface area contributed by atoms with Crippen LogP contribution in [0, 0.1) is 0 Å². The summed E-state index contributed by atoms with van der Waals surface area (Å²) in [5.41, 5.74) is 1.70. The fourth-order valence-electron chi connectivity index (χ4n) is 3.72. The molecule has 1 aliphatic heterocycles. The van der Waals surface area contributed by atoms with E-state index in [9.17, 15) is 13.6 Å². The number of amides is 1. The second kappa shape index (κ2) is 8.06. The Bertz CT molecular complexity index is 957. The predicted octanol–water partition coefficient (Wildman–Crippen LogP) is 3.78. The first-order valence-electron chi connectivity index (χ1n) is 9.44. The van der Waals surface area contributed by atoms with Crippen molar-refractivity contribution >= 4 is 16.9 Å². The lowest BCUT2D eigenvalue weighted by Crippen LogP contribution is -2.35. The SMILES string of the molecule is O=C(c1ccccc1)N1CCCN(Cc2nc3ccccc3n2C(F)F)CC1. The van der Waals surface area contributed by atoms with Gasteiger partial charge in [0.2, 0.25) is 0 Å². The van der Waals surface area contributed by atoms with Gasteiger partial charge in [0.15, 0.2) is 0 Å². The van der Waals surface area contributed by atoms with Crippen LogP contribution in [0.4, 0.5) is 8.78 Å². The minimum atomic E-state index is -2.63. The average Bonchev–Trinajstić information content (AvgIpc) is 2.91. The van der Waals surface area contributed by atoms with E-state index in [-0.39, 0.29) is 5.91 Å². The summed E-state index contributed by atoms with van der Waals surface area (Å²) in [6.45, 7) is 0.311. The molecule has 28 heavy (non-hydrogen) atoms. The van der Waals surface area contributed by atoms with Gasteiger partial charge < -0.3 is 4.90 Å². The molecule has 1 aromatic heterocycles. The summed E-state index contributed by atoms with van der Waals surface area (Å²) in [6.07, 6.45) is 0.799. The largest absolute Gasteiger partial charge is 0.337 e. The molecule has 4 rings (SSSR count). The number of carbonyl (C=O) groups is 1. The van der Waals surface area contributed by atoms with Gasteiger partial charge in [-0.25, -0.2) is 4.98 Å². The molecule has 0 spiro atoms. The van der Waals surface area contributed by atoms with E-state index < -0.39 is 6.55 Å². The average molecular weight is 384 g/mol. The summed E-state index contributed by atoms with van der Waals surface area (Å²) in [5, 5.41) is 0. The van der Waals surface area contributed by atoms with Crippen molar-refractivity contribution in [2.24, 2.45) is 0 Å². The standard InChI is InChI=1S/C21H22F2N4O/c22-21(23)27-18-10-5-4-9-17(18)24-19(27)15-25-11-6-12-26(14-13-25)20(28)16-7-2-1-3-8-16/h1-5,7-10,21H,6,11-15H2. The summed E-state index contributed by atoms with van der Waals surface area (Å²) in [4.78, 5) is 21.0. The van der Waals surface area contributed by atoms with Crippen LogP contribution < -0.4 is 0 Å². The zero-order valence-electron chi connectivity index (χ0n) is 15.5. The van der Waals surface area contributed by atoms with Crippen LogP contribution in [0.5, 0.6) is 0 Å². The number of rotatable bonds is 4. The van der Waals surface area contributed by atoms with Crippen LogP contribution in [0.25, 0.3) is 11.0 Å². The van der Waals surface area contributed by atoms with Crippen LogP contribution in [0.2, 0.25) is 0 Å². The molecule has 146 valence electrons. The van der Waals surface area contributed by atoms with E-state index in [1.165, 1.54) is 0 Å². The molecular formula is C21H22F2N4O. The van der Waals surface area contributed by atoms with Crippen molar-refractivity contribution in [2.45, 2.75) is 19.5 Å². The van der Waals surface area contributed by atoms with Crippen molar-refractivity contribution in [2.75, 3.05) is 26.2 Å². The topological polar surface area (TPSA) is 41.4 Å². The molecule has 3 aromatic rings. The van der Waals surface area contributed by atoms with Crippen molar-refractivity contribution in [3.63, 3.8) is 0 Å². The molecule has 2 heterocycles. The number of fused-ring (bicyclic) bond motifs is 1. The molecule has 0 saturated carbocycles. The third-order valence-corrected chi connectivity index (χ3v) is 5.13. The number of imidazole rings is 1. The van der Waals surface area contributed by atoms with Crippen LogP contribution in [0.15, 0.2) is 54.6 Å². The number of halogens is 2. The lowest BCUT2D eigenvalue weighted by molar-refractivity contribution is 0.0683. The molecule has 0 atom stereocenters. The van der Waals surface area contributed by atoms with E-state index in [0.717, 1.165) is 17.5 Å². The van der Waals surface area contributed by atoms with E-state index in [0.29, 0.717) is 48.6 Å². The van der Waals surface area contributed by atoms with E-state index in [4.69, 9.17) is 0 Å². The fraction of sp³-hybridized carbons (Fsp3) is 0.333. The molecule has 0 N–H and O–H groups in total. The summed E-state index contributed by atoms with van der Waals surface area (Å²) < 4.78 is 28.3. The van der Waals surface area contributed by atoms with E-state index in [2.05, 4.69) is 9.88 Å². The van der Waals surface area contributed by atoms with Gasteiger partial charge >= 0.3 is 6.55 Å². The Morgan fingerprint density at radius 1 is 0.964 bits per heavy atom. The maximum Gasteiger partial charge on any atom is 0.320 e. The van der Waals surface area contributed by atoms with Crippen molar-refractivity contribution in [3.8, 4) is 0 Å². The second-order valence-electron chi connectivity index (χ2n) is 6.95. The summed E-state index contributed by atoms with van der Waals surface area (Å²) in [6, 6.07) is 16.2. The van der Waals surface area contributed by atoms with Gasteiger partial charge in [-0.1, -0.05) is 30.3 Å². The zero-order chi connectivity index (χ0) is 19.5. The molecule has 1 fully saturated rings. The molecule has 0 bridgehead atoms. The minimum absolute atomic E-state index is 0.0160. The first-order valence-corrected chi connectivity index (χ1v) is 9.44. The summed E-state index contributed by atoms with van der Waals surface area (Å²) >= 11 is 0. The monoisotopic (exact) mass is 384 g/mol. The Hall–Kier alpha value is -2.80. The molecule has 0 aliphatic carbocycles. The minimum Gasteiger partial charge on any atom is -0.337 e. The molecule has 0 unspecified atom stereocenters. The zero-order valence-corrected chi connectivity index (χ0v) is 15.5. The molecule has 5 nitrogen and oxygen atoms in total. The first-order chi connectivity index (χ1) is 13.6. The van der Waals surface area contributed by atoms with Gasteiger partial charge in [0, 0.05) is 31.7 Å². The normalized spacial score (nSPS) is 15.9. The third kappa shape index (κ3) is 3.75. The van der Waals surface area contributed by atoms with Gasteiger partial charge in [0.1, 0.15) is 5.82 Å². The molecule has 7 heteroatoms. The highest BCUT2D eigenvalue weighted by atomic mass is 19.3. The van der Waals surface area contributed by atoms with Gasteiger partial charge in [-0.2, -0.15) is 8.78 Å². The maximum atomic E-state index is 13.6. The van der Waals surface area contributed by atoms with Gasteiger partial charge in [-0.3, -0.25) is 14.3 Å². The Morgan fingerprint density at radius 2 is 1.71 bits per heavy atom. The number of aromatic nitrogens is 2. The highest BCUT2D eigenvalue weighted by Gasteiger charge is 2.23. The van der Waals surface area contributed by atoms with Gasteiger partial charge in [0.25, 0.3) is 5.91 Å². The van der Waals surface area contributed by atoms with E-state index in [1.54, 1.807) is 24.3 Å². The predicted molar refractivity (Wildman–Crippen MR) is 103 cm³/mol. The molecule has 1 aliphatic rings. The van der Waals surface area contributed by atoms with E-state index in [1.807, 2.05) is 35.2 Å². The Balaban J connectivity index is 1.48. The Labute approximate surface area is 162 Å². The number of alkyl halides is 2.